The van der Waals surface area contributed by atoms with E-state index in [4.69, 9.17) is 5.73 Å². The molecule has 0 aliphatic carbocycles. The molecule has 2 N–H and O–H groups in total. The van der Waals surface area contributed by atoms with E-state index in [1.807, 2.05) is 30.8 Å². The number of hydrogen-bond acceptors (Lipinski definition) is 2. The number of nitrogens with two attached hydrogens (primary N) is 1. The van der Waals surface area contributed by atoms with Gasteiger partial charge in [-0.1, -0.05) is 12.1 Å². The zero-order chi connectivity index (χ0) is 13.2. The van der Waals surface area contributed by atoms with E-state index in [1.54, 1.807) is 12.3 Å². The average molecular weight is 247 g/mol. The molecule has 0 fully saturated rings. The largest absolute Gasteiger partial charge is 0.338 e. The fourth-order valence-corrected chi connectivity index (χ4v) is 2.00. The van der Waals surface area contributed by atoms with E-state index in [1.165, 1.54) is 12.1 Å². The Labute approximate surface area is 106 Å². The molecule has 0 spiro atoms. The number of halogens is 1. The molecular formula is C14H18FN3. The van der Waals surface area contributed by atoms with E-state index in [2.05, 4.69) is 4.98 Å². The second-order valence-electron chi connectivity index (χ2n) is 4.88. The standard InChI is InChI=1S/C14H18FN3/c1-14(16,11-4-3-5-12(15)10-11)7-6-13-17-8-9-18(13)2/h3-5,8-10H,6-7,16H2,1-2H3. The summed E-state index contributed by atoms with van der Waals surface area (Å²) >= 11 is 0. The first kappa shape index (κ1) is 12.8. The molecule has 2 aromatic rings. The molecule has 0 saturated heterocycles. The second-order valence-corrected chi connectivity index (χ2v) is 4.88. The summed E-state index contributed by atoms with van der Waals surface area (Å²) in [6.07, 6.45) is 5.17. The highest BCUT2D eigenvalue weighted by molar-refractivity contribution is 5.24. The van der Waals surface area contributed by atoms with Crippen molar-refractivity contribution >= 4 is 0 Å². The summed E-state index contributed by atoms with van der Waals surface area (Å²) in [5.74, 6) is 0.740. The molecule has 0 aliphatic rings. The van der Waals surface area contributed by atoms with E-state index in [0.717, 1.165) is 24.2 Å². The van der Waals surface area contributed by atoms with Gasteiger partial charge in [0.2, 0.25) is 0 Å². The number of rotatable bonds is 4. The van der Waals surface area contributed by atoms with Gasteiger partial charge in [-0.15, -0.1) is 0 Å². The van der Waals surface area contributed by atoms with Crippen LogP contribution < -0.4 is 5.73 Å². The minimum Gasteiger partial charge on any atom is -0.338 e. The molecule has 1 aromatic carbocycles. The summed E-state index contributed by atoms with van der Waals surface area (Å²) in [6.45, 7) is 1.92. The quantitative estimate of drug-likeness (QED) is 0.901. The number of aryl methyl sites for hydroxylation is 2. The predicted molar refractivity (Wildman–Crippen MR) is 69.5 cm³/mol. The van der Waals surface area contributed by atoms with Crippen LogP contribution in [-0.2, 0) is 19.0 Å². The topological polar surface area (TPSA) is 43.8 Å². The van der Waals surface area contributed by atoms with Gasteiger partial charge in [0.05, 0.1) is 0 Å². The van der Waals surface area contributed by atoms with Crippen LogP contribution in [0.2, 0.25) is 0 Å². The molecule has 0 saturated carbocycles. The fourth-order valence-electron chi connectivity index (χ4n) is 2.00. The Bertz CT molecular complexity index is 531. The Morgan fingerprint density at radius 3 is 2.83 bits per heavy atom. The van der Waals surface area contributed by atoms with Crippen molar-refractivity contribution in [2.24, 2.45) is 12.8 Å². The maximum absolute atomic E-state index is 13.2. The predicted octanol–water partition coefficient (Wildman–Crippen LogP) is 2.37. The van der Waals surface area contributed by atoms with Crippen molar-refractivity contribution in [1.29, 1.82) is 0 Å². The summed E-state index contributed by atoms with van der Waals surface area (Å²) in [4.78, 5) is 4.26. The van der Waals surface area contributed by atoms with Crippen molar-refractivity contribution in [1.82, 2.24) is 9.55 Å². The van der Waals surface area contributed by atoms with Crippen LogP contribution in [0.25, 0.3) is 0 Å². The average Bonchev–Trinajstić information content (AvgIpc) is 2.72. The maximum Gasteiger partial charge on any atom is 0.123 e. The lowest BCUT2D eigenvalue weighted by molar-refractivity contribution is 0.441. The molecule has 0 aliphatic heterocycles. The molecule has 96 valence electrons. The van der Waals surface area contributed by atoms with Crippen molar-refractivity contribution in [3.8, 4) is 0 Å². The number of aromatic nitrogens is 2. The first-order valence-corrected chi connectivity index (χ1v) is 6.00. The molecule has 0 amide bonds. The van der Waals surface area contributed by atoms with Crippen molar-refractivity contribution in [2.75, 3.05) is 0 Å². The summed E-state index contributed by atoms with van der Waals surface area (Å²) in [7, 11) is 1.96. The molecule has 18 heavy (non-hydrogen) atoms. The third-order valence-electron chi connectivity index (χ3n) is 3.27. The van der Waals surface area contributed by atoms with Gasteiger partial charge in [-0.2, -0.15) is 0 Å². The molecule has 4 heteroatoms. The number of nitrogens with zero attached hydrogens (tertiary/aromatic N) is 2. The molecule has 1 atom stereocenters. The van der Waals surface area contributed by atoms with E-state index in [9.17, 15) is 4.39 Å². The Morgan fingerprint density at radius 1 is 1.44 bits per heavy atom. The zero-order valence-electron chi connectivity index (χ0n) is 10.7. The minimum absolute atomic E-state index is 0.249. The number of hydrogen-bond donors (Lipinski definition) is 1. The van der Waals surface area contributed by atoms with Gasteiger partial charge in [-0.05, 0) is 31.0 Å². The van der Waals surface area contributed by atoms with Crippen LogP contribution in [0.5, 0.6) is 0 Å². The molecule has 0 radical (unpaired) electrons. The lowest BCUT2D eigenvalue weighted by atomic mass is 9.88. The second kappa shape index (κ2) is 4.90. The smallest absolute Gasteiger partial charge is 0.123 e. The minimum atomic E-state index is -0.548. The summed E-state index contributed by atoms with van der Waals surface area (Å²) in [5, 5.41) is 0. The van der Waals surface area contributed by atoms with Crippen LogP contribution in [0, 0.1) is 5.82 Å². The Balaban J connectivity index is 2.10. The lowest BCUT2D eigenvalue weighted by Gasteiger charge is -2.25. The van der Waals surface area contributed by atoms with Crippen molar-refractivity contribution < 1.29 is 4.39 Å². The summed E-state index contributed by atoms with van der Waals surface area (Å²) < 4.78 is 15.2. The van der Waals surface area contributed by atoms with E-state index in [0.29, 0.717) is 0 Å². The summed E-state index contributed by atoms with van der Waals surface area (Å²) in [6, 6.07) is 6.48. The molecule has 3 nitrogen and oxygen atoms in total. The van der Waals surface area contributed by atoms with Crippen molar-refractivity contribution in [3.63, 3.8) is 0 Å². The zero-order valence-corrected chi connectivity index (χ0v) is 10.7. The van der Waals surface area contributed by atoms with Gasteiger partial charge in [-0.3, -0.25) is 0 Å². The monoisotopic (exact) mass is 247 g/mol. The van der Waals surface area contributed by atoms with Crippen LogP contribution >= 0.6 is 0 Å². The van der Waals surface area contributed by atoms with Gasteiger partial charge in [-0.25, -0.2) is 9.37 Å². The highest BCUT2D eigenvalue weighted by atomic mass is 19.1. The van der Waals surface area contributed by atoms with Crippen molar-refractivity contribution in [2.45, 2.75) is 25.3 Å². The highest BCUT2D eigenvalue weighted by Gasteiger charge is 2.22. The van der Waals surface area contributed by atoms with E-state index >= 15 is 0 Å². The van der Waals surface area contributed by atoms with Crippen molar-refractivity contribution in [3.05, 3.63) is 53.9 Å². The van der Waals surface area contributed by atoms with Crippen LogP contribution in [0.3, 0.4) is 0 Å². The number of benzene rings is 1. The van der Waals surface area contributed by atoms with Gasteiger partial charge >= 0.3 is 0 Å². The Morgan fingerprint density at radius 2 is 2.22 bits per heavy atom. The van der Waals surface area contributed by atoms with Gasteiger partial charge < -0.3 is 10.3 Å². The van der Waals surface area contributed by atoms with Gasteiger partial charge in [0, 0.05) is 31.4 Å². The third-order valence-corrected chi connectivity index (χ3v) is 3.27. The van der Waals surface area contributed by atoms with E-state index < -0.39 is 5.54 Å². The first-order chi connectivity index (χ1) is 8.49. The molecule has 2 rings (SSSR count). The SMILES string of the molecule is Cn1ccnc1CCC(C)(N)c1cccc(F)c1. The van der Waals surface area contributed by atoms with Gasteiger partial charge in [0.25, 0.3) is 0 Å². The van der Waals surface area contributed by atoms with Gasteiger partial charge in [0.1, 0.15) is 11.6 Å². The normalized spacial score (nSPS) is 14.4. The molecule has 0 bridgehead atoms. The Kier molecular flexibility index (Phi) is 3.48. The first-order valence-electron chi connectivity index (χ1n) is 6.00. The van der Waals surface area contributed by atoms with E-state index in [-0.39, 0.29) is 5.82 Å². The fraction of sp³-hybridized carbons (Fsp3) is 0.357. The maximum atomic E-state index is 13.2. The highest BCUT2D eigenvalue weighted by Crippen LogP contribution is 2.23. The van der Waals surface area contributed by atoms with Crippen LogP contribution in [0.1, 0.15) is 24.7 Å². The van der Waals surface area contributed by atoms with Crippen LogP contribution in [0.4, 0.5) is 4.39 Å². The lowest BCUT2D eigenvalue weighted by Crippen LogP contribution is -2.33. The summed E-state index contributed by atoms with van der Waals surface area (Å²) in [5.41, 5.74) is 6.54. The molecule has 1 unspecified atom stereocenters. The Hall–Kier alpha value is -1.68. The van der Waals surface area contributed by atoms with Crippen LogP contribution in [-0.4, -0.2) is 9.55 Å². The number of imidazole rings is 1. The molecule has 1 aromatic heterocycles. The van der Waals surface area contributed by atoms with Crippen LogP contribution in [0.15, 0.2) is 36.7 Å². The molecule has 1 heterocycles. The third kappa shape index (κ3) is 2.76. The van der Waals surface area contributed by atoms with Gasteiger partial charge in [0.15, 0.2) is 0 Å². The molecular weight excluding hydrogens is 229 g/mol.